The van der Waals surface area contributed by atoms with Crippen LogP contribution in [-0.2, 0) is 0 Å². The molecule has 1 aliphatic rings. The van der Waals surface area contributed by atoms with E-state index in [0.717, 1.165) is 36.8 Å². The molecule has 0 aliphatic heterocycles. The summed E-state index contributed by atoms with van der Waals surface area (Å²) >= 11 is 0. The van der Waals surface area contributed by atoms with Gasteiger partial charge >= 0.3 is 0 Å². The Morgan fingerprint density at radius 3 is 2.25 bits per heavy atom. The average molecular weight is 219 g/mol. The SMILES string of the molecule is CC(C)(C#N)C(C#N)=[N+]([O-])C1CCCCC1. The third-order valence-corrected chi connectivity index (χ3v) is 3.10. The van der Waals surface area contributed by atoms with Crippen LogP contribution >= 0.6 is 0 Å². The quantitative estimate of drug-likeness (QED) is 0.309. The van der Waals surface area contributed by atoms with Crippen LogP contribution in [0.15, 0.2) is 0 Å². The summed E-state index contributed by atoms with van der Waals surface area (Å²) in [4.78, 5) is 0. The van der Waals surface area contributed by atoms with E-state index in [9.17, 15) is 5.21 Å². The number of nitriles is 2. The summed E-state index contributed by atoms with van der Waals surface area (Å²) in [5.74, 6) is 0. The number of nitrogens with zero attached hydrogens (tertiary/aromatic N) is 3. The second-order valence-corrected chi connectivity index (χ2v) is 4.81. The van der Waals surface area contributed by atoms with Crippen LogP contribution in [0.4, 0.5) is 0 Å². The third-order valence-electron chi connectivity index (χ3n) is 3.10. The summed E-state index contributed by atoms with van der Waals surface area (Å²) in [6.45, 7) is 3.22. The van der Waals surface area contributed by atoms with Crippen molar-refractivity contribution in [2.75, 3.05) is 0 Å². The topological polar surface area (TPSA) is 73.6 Å². The highest BCUT2D eigenvalue weighted by molar-refractivity contribution is 6.00. The van der Waals surface area contributed by atoms with Gasteiger partial charge in [-0.05, 0) is 26.7 Å². The first-order valence-corrected chi connectivity index (χ1v) is 5.68. The van der Waals surface area contributed by atoms with E-state index >= 15 is 0 Å². The highest BCUT2D eigenvalue weighted by Gasteiger charge is 2.35. The first-order chi connectivity index (χ1) is 7.53. The maximum Gasteiger partial charge on any atom is 0.285 e. The maximum atomic E-state index is 12.0. The maximum absolute atomic E-state index is 12.0. The van der Waals surface area contributed by atoms with Crippen LogP contribution in [0.5, 0.6) is 0 Å². The first kappa shape index (κ1) is 12.5. The fourth-order valence-corrected chi connectivity index (χ4v) is 2.02. The normalized spacial score (nSPS) is 19.5. The molecule has 1 rings (SSSR count). The first-order valence-electron chi connectivity index (χ1n) is 5.68. The van der Waals surface area contributed by atoms with Crippen molar-refractivity contribution in [2.45, 2.75) is 52.0 Å². The molecule has 0 aromatic carbocycles. The lowest BCUT2D eigenvalue weighted by atomic mass is 9.88. The molecule has 0 saturated heterocycles. The van der Waals surface area contributed by atoms with Crippen molar-refractivity contribution in [3.63, 3.8) is 0 Å². The van der Waals surface area contributed by atoms with Crippen molar-refractivity contribution in [3.05, 3.63) is 5.21 Å². The molecular formula is C12H17N3O. The average Bonchev–Trinajstić information content (AvgIpc) is 2.30. The summed E-state index contributed by atoms with van der Waals surface area (Å²) in [6.07, 6.45) is 4.89. The van der Waals surface area contributed by atoms with Gasteiger partial charge in [0.1, 0.15) is 5.41 Å². The molecule has 0 aromatic rings. The fraction of sp³-hybridized carbons (Fsp3) is 0.750. The number of hydrogen-bond donors (Lipinski definition) is 0. The Morgan fingerprint density at radius 1 is 1.25 bits per heavy atom. The standard InChI is InChI=1S/C12H17N3O/c1-12(2,9-14)11(8-13)15(16)10-6-4-3-5-7-10/h10H,3-7H2,1-2H3. The van der Waals surface area contributed by atoms with E-state index in [1.54, 1.807) is 13.8 Å². The molecule has 4 nitrogen and oxygen atoms in total. The fourth-order valence-electron chi connectivity index (χ4n) is 2.02. The predicted molar refractivity (Wildman–Crippen MR) is 60.5 cm³/mol. The van der Waals surface area contributed by atoms with Gasteiger partial charge in [0.2, 0.25) is 0 Å². The molecule has 86 valence electrons. The van der Waals surface area contributed by atoms with Crippen LogP contribution in [0.25, 0.3) is 0 Å². The molecule has 1 aliphatic carbocycles. The Kier molecular flexibility index (Phi) is 3.90. The van der Waals surface area contributed by atoms with Crippen LogP contribution in [0.1, 0.15) is 46.0 Å². The lowest BCUT2D eigenvalue weighted by Crippen LogP contribution is -2.35. The van der Waals surface area contributed by atoms with Gasteiger partial charge in [-0.25, -0.2) is 0 Å². The Morgan fingerprint density at radius 2 is 1.81 bits per heavy atom. The Labute approximate surface area is 96.4 Å². The molecule has 4 heteroatoms. The summed E-state index contributed by atoms with van der Waals surface area (Å²) < 4.78 is 0.780. The third kappa shape index (κ3) is 2.52. The van der Waals surface area contributed by atoms with E-state index in [4.69, 9.17) is 10.5 Å². The Bertz CT molecular complexity index is 365. The molecule has 0 spiro atoms. The molecule has 0 heterocycles. The second-order valence-electron chi connectivity index (χ2n) is 4.81. The minimum atomic E-state index is -0.992. The van der Waals surface area contributed by atoms with Gasteiger partial charge in [0.15, 0.2) is 12.1 Å². The van der Waals surface area contributed by atoms with Crippen molar-refractivity contribution < 1.29 is 4.74 Å². The van der Waals surface area contributed by atoms with Crippen LogP contribution in [0.2, 0.25) is 0 Å². The van der Waals surface area contributed by atoms with Crippen LogP contribution in [-0.4, -0.2) is 16.5 Å². The zero-order chi connectivity index (χ0) is 12.2. The van der Waals surface area contributed by atoms with Gasteiger partial charge < -0.3 is 5.21 Å². The largest absolute Gasteiger partial charge is 0.623 e. The minimum Gasteiger partial charge on any atom is -0.623 e. The van der Waals surface area contributed by atoms with E-state index in [-0.39, 0.29) is 11.8 Å². The highest BCUT2D eigenvalue weighted by atomic mass is 16.5. The molecule has 0 unspecified atom stereocenters. The van der Waals surface area contributed by atoms with Gasteiger partial charge in [-0.15, -0.1) is 0 Å². The van der Waals surface area contributed by atoms with Gasteiger partial charge in [-0.3, -0.25) is 0 Å². The van der Waals surface area contributed by atoms with Gasteiger partial charge in [0.05, 0.1) is 6.07 Å². The molecule has 0 N–H and O–H groups in total. The summed E-state index contributed by atoms with van der Waals surface area (Å²) in [5.41, 5.74) is -0.949. The monoisotopic (exact) mass is 219 g/mol. The van der Waals surface area contributed by atoms with Crippen molar-refractivity contribution in [1.29, 1.82) is 10.5 Å². The van der Waals surface area contributed by atoms with E-state index in [1.165, 1.54) is 0 Å². The second kappa shape index (κ2) is 4.99. The molecule has 0 radical (unpaired) electrons. The van der Waals surface area contributed by atoms with Crippen molar-refractivity contribution in [3.8, 4) is 12.1 Å². The predicted octanol–water partition coefficient (Wildman–Crippen LogP) is 2.34. The molecule has 0 amide bonds. The lowest BCUT2D eigenvalue weighted by Gasteiger charge is -2.24. The smallest absolute Gasteiger partial charge is 0.285 e. The zero-order valence-electron chi connectivity index (χ0n) is 9.86. The van der Waals surface area contributed by atoms with Gasteiger partial charge in [-0.2, -0.15) is 15.3 Å². The van der Waals surface area contributed by atoms with Crippen LogP contribution in [0.3, 0.4) is 0 Å². The summed E-state index contributed by atoms with van der Waals surface area (Å²) in [5, 5.41) is 30.0. The molecule has 1 saturated carbocycles. The lowest BCUT2D eigenvalue weighted by molar-refractivity contribution is -0.507. The molecule has 0 atom stereocenters. The summed E-state index contributed by atoms with van der Waals surface area (Å²) in [7, 11) is 0. The van der Waals surface area contributed by atoms with E-state index in [1.807, 2.05) is 12.1 Å². The summed E-state index contributed by atoms with van der Waals surface area (Å²) in [6, 6.07) is 3.79. The Balaban J connectivity index is 3.00. The molecule has 0 bridgehead atoms. The molecule has 1 fully saturated rings. The van der Waals surface area contributed by atoms with Crippen molar-refractivity contribution in [1.82, 2.24) is 0 Å². The van der Waals surface area contributed by atoms with E-state index in [2.05, 4.69) is 0 Å². The number of hydrogen-bond acceptors (Lipinski definition) is 3. The molecule has 16 heavy (non-hydrogen) atoms. The van der Waals surface area contributed by atoms with Gasteiger partial charge in [-0.1, -0.05) is 6.42 Å². The van der Waals surface area contributed by atoms with E-state index in [0.29, 0.717) is 0 Å². The minimum absolute atomic E-state index is 0.0434. The number of hydroxylamine groups is 1. The number of rotatable bonds is 2. The van der Waals surface area contributed by atoms with Gasteiger partial charge in [0.25, 0.3) is 5.71 Å². The van der Waals surface area contributed by atoms with Gasteiger partial charge in [0, 0.05) is 12.8 Å². The zero-order valence-corrected chi connectivity index (χ0v) is 9.86. The van der Waals surface area contributed by atoms with Crippen LogP contribution in [0, 0.1) is 33.3 Å². The molecule has 0 aromatic heterocycles. The van der Waals surface area contributed by atoms with Crippen molar-refractivity contribution in [2.24, 2.45) is 5.41 Å². The Hall–Kier alpha value is -1.55. The van der Waals surface area contributed by atoms with Crippen LogP contribution < -0.4 is 0 Å². The molecular weight excluding hydrogens is 202 g/mol. The van der Waals surface area contributed by atoms with Crippen molar-refractivity contribution >= 4 is 5.71 Å². The highest BCUT2D eigenvalue weighted by Crippen LogP contribution is 2.23. The van der Waals surface area contributed by atoms with E-state index < -0.39 is 5.41 Å².